The van der Waals surface area contributed by atoms with Crippen LogP contribution in [0.1, 0.15) is 50.0 Å². The molecule has 0 saturated carbocycles. The minimum absolute atomic E-state index is 0.0951. The molecule has 3 rings (SSSR count). The molecule has 1 saturated heterocycles. The van der Waals surface area contributed by atoms with E-state index in [4.69, 9.17) is 4.74 Å². The second-order valence-electron chi connectivity index (χ2n) is 9.60. The van der Waals surface area contributed by atoms with Gasteiger partial charge in [0, 0.05) is 28.2 Å². The topological polar surface area (TPSA) is 83.9 Å². The molecule has 6 nitrogen and oxygen atoms in total. The Balaban J connectivity index is 1.99. The van der Waals surface area contributed by atoms with Crippen molar-refractivity contribution in [1.82, 2.24) is 4.90 Å². The SMILES string of the molecule is Cc1ccc(S[C@H]2CN(C(=O)c3ccccc3)[C@](C)(C(=O)O)[C@H]2CC(=O)OC(C)(C)C)cc1. The largest absolute Gasteiger partial charge is 0.479 e. The van der Waals surface area contributed by atoms with E-state index in [-0.39, 0.29) is 24.1 Å². The molecule has 1 amide bonds. The van der Waals surface area contributed by atoms with Crippen molar-refractivity contribution in [3.05, 3.63) is 65.7 Å². The maximum atomic E-state index is 13.4. The van der Waals surface area contributed by atoms with Crippen LogP contribution in [-0.2, 0) is 14.3 Å². The fourth-order valence-corrected chi connectivity index (χ4v) is 5.56. The van der Waals surface area contributed by atoms with Gasteiger partial charge in [0.1, 0.15) is 11.1 Å². The number of carbonyl (C=O) groups excluding carboxylic acids is 2. The predicted molar refractivity (Wildman–Crippen MR) is 128 cm³/mol. The Morgan fingerprint density at radius 3 is 2.24 bits per heavy atom. The number of esters is 1. The van der Waals surface area contributed by atoms with Crippen molar-refractivity contribution in [3.8, 4) is 0 Å². The maximum absolute atomic E-state index is 13.4. The lowest BCUT2D eigenvalue weighted by Crippen LogP contribution is -2.55. The van der Waals surface area contributed by atoms with Gasteiger partial charge in [0.25, 0.3) is 5.91 Å². The second kappa shape index (κ2) is 9.59. The van der Waals surface area contributed by atoms with Crippen LogP contribution in [0, 0.1) is 12.8 Å². The van der Waals surface area contributed by atoms with Crippen molar-refractivity contribution < 1.29 is 24.2 Å². The Hall–Kier alpha value is -2.80. The van der Waals surface area contributed by atoms with E-state index in [1.165, 1.54) is 16.7 Å². The molecule has 176 valence electrons. The van der Waals surface area contributed by atoms with Crippen molar-refractivity contribution in [1.29, 1.82) is 0 Å². The summed E-state index contributed by atoms with van der Waals surface area (Å²) >= 11 is 1.50. The van der Waals surface area contributed by atoms with Crippen molar-refractivity contribution in [2.45, 2.75) is 62.3 Å². The minimum atomic E-state index is -1.56. The average Bonchev–Trinajstić information content (AvgIpc) is 3.01. The van der Waals surface area contributed by atoms with Gasteiger partial charge < -0.3 is 14.7 Å². The molecule has 0 aromatic heterocycles. The number of carboxylic acid groups (broad SMARTS) is 1. The van der Waals surface area contributed by atoms with Crippen LogP contribution in [0.4, 0.5) is 0 Å². The van der Waals surface area contributed by atoms with Gasteiger partial charge in [0.2, 0.25) is 0 Å². The maximum Gasteiger partial charge on any atom is 0.329 e. The number of benzene rings is 2. The van der Waals surface area contributed by atoms with Gasteiger partial charge in [-0.25, -0.2) is 4.79 Å². The molecule has 7 heteroatoms. The van der Waals surface area contributed by atoms with E-state index in [0.29, 0.717) is 5.56 Å². The molecule has 1 N–H and O–H groups in total. The van der Waals surface area contributed by atoms with Gasteiger partial charge in [0.05, 0.1) is 6.42 Å². The van der Waals surface area contributed by atoms with E-state index < -0.39 is 29.0 Å². The molecule has 1 fully saturated rings. The van der Waals surface area contributed by atoms with Crippen LogP contribution in [-0.4, -0.2) is 50.8 Å². The second-order valence-corrected chi connectivity index (χ2v) is 10.9. The highest BCUT2D eigenvalue weighted by atomic mass is 32.2. The molecule has 1 aliphatic rings. The minimum Gasteiger partial charge on any atom is -0.479 e. The summed E-state index contributed by atoms with van der Waals surface area (Å²) in [5.74, 6) is -2.60. The lowest BCUT2D eigenvalue weighted by atomic mass is 9.83. The zero-order chi connectivity index (χ0) is 24.4. The number of hydrogen-bond donors (Lipinski definition) is 1. The molecule has 0 spiro atoms. The first kappa shape index (κ1) is 24.8. The summed E-state index contributed by atoms with van der Waals surface area (Å²) in [6.07, 6.45) is -0.0951. The van der Waals surface area contributed by atoms with Crippen LogP contribution in [0.15, 0.2) is 59.5 Å². The highest BCUT2D eigenvalue weighted by Gasteiger charge is 2.58. The number of likely N-dealkylation sites (tertiary alicyclic amines) is 1. The number of hydrogen-bond acceptors (Lipinski definition) is 5. The third-order valence-corrected chi connectivity index (χ3v) is 7.23. The number of aryl methyl sites for hydroxylation is 1. The van der Waals surface area contributed by atoms with Gasteiger partial charge in [0.15, 0.2) is 0 Å². The first-order valence-corrected chi connectivity index (χ1v) is 11.9. The fraction of sp³-hybridized carbons (Fsp3) is 0.423. The predicted octanol–water partition coefficient (Wildman–Crippen LogP) is 4.80. The summed E-state index contributed by atoms with van der Waals surface area (Å²) in [6.45, 7) is 9.08. The van der Waals surface area contributed by atoms with E-state index in [1.54, 1.807) is 58.0 Å². The van der Waals surface area contributed by atoms with E-state index in [0.717, 1.165) is 10.5 Å². The van der Waals surface area contributed by atoms with E-state index in [9.17, 15) is 19.5 Å². The highest BCUT2D eigenvalue weighted by molar-refractivity contribution is 8.00. The molecule has 0 bridgehead atoms. The van der Waals surface area contributed by atoms with Gasteiger partial charge in [-0.1, -0.05) is 35.9 Å². The van der Waals surface area contributed by atoms with Gasteiger partial charge in [-0.15, -0.1) is 11.8 Å². The molecule has 3 atom stereocenters. The van der Waals surface area contributed by atoms with E-state index >= 15 is 0 Å². The van der Waals surface area contributed by atoms with Crippen LogP contribution in [0.25, 0.3) is 0 Å². The summed E-state index contributed by atoms with van der Waals surface area (Å²) in [6, 6.07) is 16.6. The van der Waals surface area contributed by atoms with E-state index in [2.05, 4.69) is 0 Å². The fourth-order valence-electron chi connectivity index (χ4n) is 4.17. The van der Waals surface area contributed by atoms with Crippen LogP contribution < -0.4 is 0 Å². The lowest BCUT2D eigenvalue weighted by molar-refractivity contribution is -0.158. The summed E-state index contributed by atoms with van der Waals surface area (Å²) in [5.41, 5.74) is -0.713. The van der Waals surface area contributed by atoms with Crippen LogP contribution >= 0.6 is 11.8 Å². The zero-order valence-corrected chi connectivity index (χ0v) is 20.5. The summed E-state index contributed by atoms with van der Waals surface area (Å²) in [7, 11) is 0. The van der Waals surface area contributed by atoms with Gasteiger partial charge in [-0.05, 0) is 58.9 Å². The molecule has 33 heavy (non-hydrogen) atoms. The average molecular weight is 470 g/mol. The summed E-state index contributed by atoms with van der Waals surface area (Å²) in [5, 5.41) is 10.0. The number of thioether (sulfide) groups is 1. The highest BCUT2D eigenvalue weighted by Crippen LogP contribution is 2.46. The van der Waals surface area contributed by atoms with Crippen LogP contribution in [0.2, 0.25) is 0 Å². The molecule has 0 aliphatic carbocycles. The summed E-state index contributed by atoms with van der Waals surface area (Å²) < 4.78 is 5.52. The quantitative estimate of drug-likeness (QED) is 0.612. The molecule has 0 unspecified atom stereocenters. The first-order valence-electron chi connectivity index (χ1n) is 11.0. The molecule has 0 radical (unpaired) electrons. The van der Waals surface area contributed by atoms with E-state index in [1.807, 2.05) is 31.2 Å². The number of ether oxygens (including phenoxy) is 1. The Morgan fingerprint density at radius 1 is 1.09 bits per heavy atom. The van der Waals surface area contributed by atoms with Gasteiger partial charge >= 0.3 is 11.9 Å². The summed E-state index contributed by atoms with van der Waals surface area (Å²) in [4.78, 5) is 41.2. The normalized spacial score (nSPS) is 22.8. The number of nitrogens with zero attached hydrogens (tertiary/aromatic N) is 1. The van der Waals surface area contributed by atoms with Crippen LogP contribution in [0.5, 0.6) is 0 Å². The molecule has 2 aromatic rings. The third kappa shape index (κ3) is 5.58. The Labute approximate surface area is 199 Å². The molecular weight excluding hydrogens is 438 g/mol. The smallest absolute Gasteiger partial charge is 0.329 e. The first-order chi connectivity index (χ1) is 15.4. The van der Waals surface area contributed by atoms with Crippen molar-refractivity contribution in [2.24, 2.45) is 5.92 Å². The van der Waals surface area contributed by atoms with Gasteiger partial charge in [-0.2, -0.15) is 0 Å². The molecule has 2 aromatic carbocycles. The van der Waals surface area contributed by atoms with Crippen molar-refractivity contribution in [3.63, 3.8) is 0 Å². The Kier molecular flexibility index (Phi) is 7.22. The number of carboxylic acids is 1. The molecular formula is C26H31NO5S. The number of aliphatic carboxylic acids is 1. The lowest BCUT2D eigenvalue weighted by Gasteiger charge is -2.35. The zero-order valence-electron chi connectivity index (χ0n) is 19.7. The van der Waals surface area contributed by atoms with Crippen LogP contribution in [0.3, 0.4) is 0 Å². The number of carbonyl (C=O) groups is 3. The Morgan fingerprint density at radius 2 is 1.70 bits per heavy atom. The molecule has 1 heterocycles. The standard InChI is InChI=1S/C26H31NO5S/c1-17-11-13-19(14-12-17)33-21-16-27(23(29)18-9-7-6-8-10-18)26(5,24(30)31)20(21)15-22(28)32-25(2,3)4/h6-14,20-21H,15-16H2,1-5H3,(H,30,31)/t20-,21-,26-/m0/s1. The van der Waals surface area contributed by atoms with Gasteiger partial charge in [-0.3, -0.25) is 9.59 Å². The number of rotatable bonds is 6. The van der Waals surface area contributed by atoms with Crippen molar-refractivity contribution in [2.75, 3.05) is 6.54 Å². The number of amides is 1. The molecule has 1 aliphatic heterocycles. The van der Waals surface area contributed by atoms with Crippen molar-refractivity contribution >= 4 is 29.6 Å². The third-order valence-electron chi connectivity index (χ3n) is 5.91. The Bertz CT molecular complexity index is 1020. The monoisotopic (exact) mass is 469 g/mol.